The summed E-state index contributed by atoms with van der Waals surface area (Å²) in [5.41, 5.74) is 2.57. The summed E-state index contributed by atoms with van der Waals surface area (Å²) in [4.78, 5) is 8.00. The zero-order chi connectivity index (χ0) is 21.1. The molecule has 4 rings (SSSR count). The lowest BCUT2D eigenvalue weighted by molar-refractivity contribution is -0.137. The molecule has 0 atom stereocenters. The lowest BCUT2D eigenvalue weighted by Crippen LogP contribution is -2.12. The van der Waals surface area contributed by atoms with E-state index in [0.29, 0.717) is 17.3 Å². The van der Waals surface area contributed by atoms with Crippen LogP contribution in [0.5, 0.6) is 0 Å². The van der Waals surface area contributed by atoms with Crippen LogP contribution in [0, 0.1) is 6.92 Å². The first kappa shape index (κ1) is 20.2. The molecule has 0 saturated heterocycles. The number of aryl methyl sites for hydroxylation is 1. The number of nitrogens with zero attached hydrogens (tertiary/aromatic N) is 2. The molecule has 2 aromatic carbocycles. The predicted molar refractivity (Wildman–Crippen MR) is 112 cm³/mol. The van der Waals surface area contributed by atoms with Crippen molar-refractivity contribution in [2.75, 3.05) is 10.6 Å². The van der Waals surface area contributed by atoms with E-state index in [2.05, 4.69) is 20.6 Å². The maximum atomic E-state index is 13.5. The SMILES string of the molecule is Cc1cccc(Nc2ncc(C(F)(F)F)c(Nc3cccc(C4CCCC4)c3)n2)c1. The average Bonchev–Trinajstić information content (AvgIpc) is 3.22. The molecule has 0 spiro atoms. The summed E-state index contributed by atoms with van der Waals surface area (Å²) in [5.74, 6) is 0.303. The van der Waals surface area contributed by atoms with Gasteiger partial charge in [0, 0.05) is 17.6 Å². The fourth-order valence-corrected chi connectivity index (χ4v) is 3.86. The van der Waals surface area contributed by atoms with Crippen LogP contribution >= 0.6 is 0 Å². The molecule has 1 heterocycles. The number of rotatable bonds is 5. The molecule has 7 heteroatoms. The largest absolute Gasteiger partial charge is 0.421 e. The molecule has 0 bridgehead atoms. The Morgan fingerprint density at radius 2 is 1.63 bits per heavy atom. The summed E-state index contributed by atoms with van der Waals surface area (Å²) in [6, 6.07) is 15.1. The molecule has 1 saturated carbocycles. The zero-order valence-electron chi connectivity index (χ0n) is 16.6. The Kier molecular flexibility index (Phi) is 5.61. The Balaban J connectivity index is 1.64. The van der Waals surface area contributed by atoms with Crippen molar-refractivity contribution in [1.29, 1.82) is 0 Å². The van der Waals surface area contributed by atoms with E-state index < -0.39 is 11.7 Å². The van der Waals surface area contributed by atoms with Crippen molar-refractivity contribution in [2.24, 2.45) is 0 Å². The Hall–Kier alpha value is -3.09. The van der Waals surface area contributed by atoms with Gasteiger partial charge in [0.25, 0.3) is 0 Å². The highest BCUT2D eigenvalue weighted by Gasteiger charge is 2.35. The van der Waals surface area contributed by atoms with E-state index in [0.717, 1.165) is 30.2 Å². The number of hydrogen-bond donors (Lipinski definition) is 2. The lowest BCUT2D eigenvalue weighted by atomic mass is 9.97. The van der Waals surface area contributed by atoms with Crippen LogP contribution in [0.4, 0.5) is 36.3 Å². The quantitative estimate of drug-likeness (QED) is 0.476. The second-order valence-corrected chi connectivity index (χ2v) is 7.68. The van der Waals surface area contributed by atoms with Crippen molar-refractivity contribution in [1.82, 2.24) is 9.97 Å². The monoisotopic (exact) mass is 412 g/mol. The molecule has 1 fully saturated rings. The first-order valence-corrected chi connectivity index (χ1v) is 10.0. The minimum atomic E-state index is -4.56. The molecule has 1 aliphatic carbocycles. The van der Waals surface area contributed by atoms with Crippen molar-refractivity contribution in [3.05, 3.63) is 71.4 Å². The maximum Gasteiger partial charge on any atom is 0.421 e. The van der Waals surface area contributed by atoms with Crippen LogP contribution in [0.2, 0.25) is 0 Å². The fourth-order valence-electron chi connectivity index (χ4n) is 3.86. The van der Waals surface area contributed by atoms with Crippen molar-refractivity contribution in [3.8, 4) is 0 Å². The van der Waals surface area contributed by atoms with Crippen LogP contribution in [-0.2, 0) is 6.18 Å². The van der Waals surface area contributed by atoms with Gasteiger partial charge in [-0.05, 0) is 61.1 Å². The van der Waals surface area contributed by atoms with Gasteiger partial charge < -0.3 is 10.6 Å². The minimum absolute atomic E-state index is 0.100. The van der Waals surface area contributed by atoms with Gasteiger partial charge in [0.05, 0.1) is 0 Å². The Morgan fingerprint density at radius 1 is 0.933 bits per heavy atom. The van der Waals surface area contributed by atoms with Gasteiger partial charge in [-0.25, -0.2) is 4.98 Å². The summed E-state index contributed by atoms with van der Waals surface area (Å²) in [6.07, 6.45) is 0.882. The van der Waals surface area contributed by atoms with Gasteiger partial charge in [0.1, 0.15) is 11.4 Å². The third-order valence-electron chi connectivity index (χ3n) is 5.34. The van der Waals surface area contributed by atoms with E-state index in [1.54, 1.807) is 6.07 Å². The van der Waals surface area contributed by atoms with Gasteiger partial charge in [-0.2, -0.15) is 18.2 Å². The van der Waals surface area contributed by atoms with Gasteiger partial charge in [-0.1, -0.05) is 37.1 Å². The summed E-state index contributed by atoms with van der Waals surface area (Å²) in [5, 5.41) is 5.85. The van der Waals surface area contributed by atoms with Crippen LogP contribution in [0.3, 0.4) is 0 Å². The van der Waals surface area contributed by atoms with E-state index in [-0.39, 0.29) is 11.8 Å². The van der Waals surface area contributed by atoms with Crippen molar-refractivity contribution in [3.63, 3.8) is 0 Å². The number of anilines is 4. The smallest absolute Gasteiger partial charge is 0.340 e. The molecule has 0 amide bonds. The molecule has 4 nitrogen and oxygen atoms in total. The molecule has 0 radical (unpaired) electrons. The average molecular weight is 412 g/mol. The highest BCUT2D eigenvalue weighted by atomic mass is 19.4. The molecule has 2 N–H and O–H groups in total. The van der Waals surface area contributed by atoms with Crippen LogP contribution in [0.15, 0.2) is 54.7 Å². The van der Waals surface area contributed by atoms with Gasteiger partial charge >= 0.3 is 6.18 Å². The number of aromatic nitrogens is 2. The second kappa shape index (κ2) is 8.34. The van der Waals surface area contributed by atoms with Crippen LogP contribution in [0.1, 0.15) is 48.3 Å². The maximum absolute atomic E-state index is 13.5. The Labute approximate surface area is 173 Å². The third kappa shape index (κ3) is 4.72. The van der Waals surface area contributed by atoms with Crippen molar-refractivity contribution < 1.29 is 13.2 Å². The number of benzene rings is 2. The Morgan fingerprint density at radius 3 is 2.33 bits per heavy atom. The molecule has 1 aromatic heterocycles. The summed E-state index contributed by atoms with van der Waals surface area (Å²) in [6.45, 7) is 1.93. The van der Waals surface area contributed by atoms with E-state index in [1.165, 1.54) is 12.8 Å². The second-order valence-electron chi connectivity index (χ2n) is 7.68. The lowest BCUT2D eigenvalue weighted by Gasteiger charge is -2.16. The first-order valence-electron chi connectivity index (χ1n) is 10.0. The molecule has 0 aliphatic heterocycles. The van der Waals surface area contributed by atoms with Gasteiger partial charge in [0.15, 0.2) is 0 Å². The highest BCUT2D eigenvalue weighted by Crippen LogP contribution is 2.37. The number of halogens is 3. The van der Waals surface area contributed by atoms with Crippen molar-refractivity contribution in [2.45, 2.75) is 44.7 Å². The molecular formula is C23H23F3N4. The number of hydrogen-bond acceptors (Lipinski definition) is 4. The molecule has 156 valence electrons. The summed E-state index contributed by atoms with van der Waals surface area (Å²) in [7, 11) is 0. The van der Waals surface area contributed by atoms with Gasteiger partial charge in [-0.15, -0.1) is 0 Å². The topological polar surface area (TPSA) is 49.8 Å². The van der Waals surface area contributed by atoms with Crippen LogP contribution < -0.4 is 10.6 Å². The third-order valence-corrected chi connectivity index (χ3v) is 5.34. The molecular weight excluding hydrogens is 389 g/mol. The van der Waals surface area contributed by atoms with E-state index in [4.69, 9.17) is 0 Å². The minimum Gasteiger partial charge on any atom is -0.340 e. The fraction of sp³-hybridized carbons (Fsp3) is 0.304. The molecule has 0 unspecified atom stereocenters. The molecule has 30 heavy (non-hydrogen) atoms. The Bertz CT molecular complexity index is 1030. The zero-order valence-corrected chi connectivity index (χ0v) is 16.6. The standard InChI is InChI=1S/C23H23F3N4/c1-15-6-4-10-18(12-15)29-22-27-14-20(23(24,25)26)21(30-22)28-19-11-5-9-17(13-19)16-7-2-3-8-16/h4-6,9-14,16H,2-3,7-8H2,1H3,(H2,27,28,29,30). The van der Waals surface area contributed by atoms with Crippen molar-refractivity contribution >= 4 is 23.1 Å². The van der Waals surface area contributed by atoms with E-state index in [9.17, 15) is 13.2 Å². The van der Waals surface area contributed by atoms with E-state index in [1.807, 2.05) is 49.4 Å². The number of alkyl halides is 3. The van der Waals surface area contributed by atoms with Crippen LogP contribution in [0.25, 0.3) is 0 Å². The van der Waals surface area contributed by atoms with Gasteiger partial charge in [-0.3, -0.25) is 0 Å². The van der Waals surface area contributed by atoms with Crippen LogP contribution in [-0.4, -0.2) is 9.97 Å². The molecule has 3 aromatic rings. The molecule has 1 aliphatic rings. The normalized spacial score (nSPS) is 14.7. The van der Waals surface area contributed by atoms with E-state index >= 15 is 0 Å². The number of nitrogens with one attached hydrogen (secondary N) is 2. The first-order chi connectivity index (χ1) is 14.4. The predicted octanol–water partition coefficient (Wildman–Crippen LogP) is 6.95. The van der Waals surface area contributed by atoms with Gasteiger partial charge in [0.2, 0.25) is 5.95 Å². The highest BCUT2D eigenvalue weighted by molar-refractivity contribution is 5.63. The summed E-state index contributed by atoms with van der Waals surface area (Å²) < 4.78 is 40.6. The summed E-state index contributed by atoms with van der Waals surface area (Å²) >= 11 is 0.